The third kappa shape index (κ3) is 2.21. The number of benzene rings is 2. The summed E-state index contributed by atoms with van der Waals surface area (Å²) < 4.78 is 7.17. The summed E-state index contributed by atoms with van der Waals surface area (Å²) in [5, 5.41) is 20.3. The molecule has 0 unspecified atom stereocenters. The number of nitrogens with one attached hydrogen (secondary N) is 1. The second-order valence-corrected chi connectivity index (χ2v) is 5.96. The highest BCUT2D eigenvalue weighted by Gasteiger charge is 2.19. The van der Waals surface area contributed by atoms with Gasteiger partial charge in [-0.05, 0) is 27.3 Å². The van der Waals surface area contributed by atoms with Crippen LogP contribution in [0.4, 0.5) is 5.82 Å². The van der Waals surface area contributed by atoms with E-state index >= 15 is 0 Å². The van der Waals surface area contributed by atoms with Crippen LogP contribution < -0.4 is 10.5 Å². The molecule has 9 nitrogen and oxygen atoms in total. The molecule has 0 spiro atoms. The zero-order valence-electron chi connectivity index (χ0n) is 14.3. The van der Waals surface area contributed by atoms with Gasteiger partial charge in [0.05, 0.1) is 18.9 Å². The quantitative estimate of drug-likeness (QED) is 0.508. The van der Waals surface area contributed by atoms with Gasteiger partial charge in [-0.3, -0.25) is 0 Å². The molecular formula is C18H14N8O. The number of hydrogen-bond acceptors (Lipinski definition) is 7. The highest BCUT2D eigenvalue weighted by atomic mass is 16.5. The summed E-state index contributed by atoms with van der Waals surface area (Å²) in [6.07, 6.45) is 3.36. The zero-order chi connectivity index (χ0) is 18.4. The summed E-state index contributed by atoms with van der Waals surface area (Å²) in [6, 6.07) is 12.0. The molecule has 3 aromatic heterocycles. The molecule has 5 rings (SSSR count). The largest absolute Gasteiger partial charge is 0.496 e. The minimum absolute atomic E-state index is 0.452. The van der Waals surface area contributed by atoms with Gasteiger partial charge in [0.2, 0.25) is 0 Å². The molecule has 132 valence electrons. The van der Waals surface area contributed by atoms with Crippen LogP contribution in [0.2, 0.25) is 0 Å². The van der Waals surface area contributed by atoms with Crippen LogP contribution in [0.5, 0.6) is 5.75 Å². The van der Waals surface area contributed by atoms with Crippen molar-refractivity contribution in [2.24, 2.45) is 0 Å². The summed E-state index contributed by atoms with van der Waals surface area (Å²) in [4.78, 5) is 4.57. The van der Waals surface area contributed by atoms with Crippen molar-refractivity contribution in [3.63, 3.8) is 0 Å². The van der Waals surface area contributed by atoms with Gasteiger partial charge in [0.1, 0.15) is 11.6 Å². The Kier molecular flexibility index (Phi) is 3.26. The van der Waals surface area contributed by atoms with E-state index in [9.17, 15) is 0 Å². The van der Waals surface area contributed by atoms with Crippen LogP contribution >= 0.6 is 0 Å². The number of aromatic nitrogens is 7. The standard InChI is InChI=1S/C18H14N8O/c1-27-14-7-6-10-4-2-3-5-11(10)15(14)12-8-20-18-13(17-22-24-25-23-17)9-21-26(18)16(12)19/h2-9H,19H2,1H3,(H,22,23,24,25). The fourth-order valence-corrected chi connectivity index (χ4v) is 3.28. The minimum Gasteiger partial charge on any atom is -0.496 e. The molecule has 0 aliphatic rings. The molecule has 3 N–H and O–H groups in total. The molecule has 27 heavy (non-hydrogen) atoms. The summed E-state index contributed by atoms with van der Waals surface area (Å²) in [5.74, 6) is 1.65. The Hall–Kier alpha value is -4.01. The number of rotatable bonds is 3. The van der Waals surface area contributed by atoms with Crippen LogP contribution in [0.25, 0.3) is 38.9 Å². The fourth-order valence-electron chi connectivity index (χ4n) is 3.28. The molecule has 0 aliphatic heterocycles. The van der Waals surface area contributed by atoms with Crippen molar-refractivity contribution < 1.29 is 4.74 Å². The number of ether oxygens (including phenoxy) is 1. The maximum atomic E-state index is 6.48. The number of nitrogens with two attached hydrogens (primary N) is 1. The maximum absolute atomic E-state index is 6.48. The normalized spacial score (nSPS) is 11.3. The lowest BCUT2D eigenvalue weighted by Crippen LogP contribution is -2.04. The second-order valence-electron chi connectivity index (χ2n) is 5.96. The lowest BCUT2D eigenvalue weighted by molar-refractivity contribution is 0.417. The molecular weight excluding hydrogens is 344 g/mol. The summed E-state index contributed by atoms with van der Waals surface area (Å²) in [6.45, 7) is 0. The number of nitrogen functional groups attached to an aromatic ring is 1. The Morgan fingerprint density at radius 3 is 2.78 bits per heavy atom. The molecule has 2 aromatic carbocycles. The van der Waals surface area contributed by atoms with Gasteiger partial charge in [-0.15, -0.1) is 5.10 Å². The van der Waals surface area contributed by atoms with E-state index in [1.807, 2.05) is 36.4 Å². The van der Waals surface area contributed by atoms with Gasteiger partial charge >= 0.3 is 0 Å². The van der Waals surface area contributed by atoms with E-state index in [-0.39, 0.29) is 0 Å². The molecule has 0 bridgehead atoms. The Balaban J connectivity index is 1.80. The van der Waals surface area contributed by atoms with Crippen LogP contribution in [0.15, 0.2) is 48.8 Å². The van der Waals surface area contributed by atoms with Gasteiger partial charge < -0.3 is 10.5 Å². The molecule has 5 aromatic rings. The van der Waals surface area contributed by atoms with E-state index in [4.69, 9.17) is 10.5 Å². The van der Waals surface area contributed by atoms with Gasteiger partial charge in [-0.25, -0.2) is 10.1 Å². The highest BCUT2D eigenvalue weighted by Crippen LogP contribution is 2.39. The molecule has 0 saturated carbocycles. The first-order valence-corrected chi connectivity index (χ1v) is 8.20. The van der Waals surface area contributed by atoms with Crippen molar-refractivity contribution in [3.05, 3.63) is 48.8 Å². The van der Waals surface area contributed by atoms with Crippen molar-refractivity contribution in [1.29, 1.82) is 0 Å². The fraction of sp³-hybridized carbons (Fsp3) is 0.0556. The summed E-state index contributed by atoms with van der Waals surface area (Å²) in [7, 11) is 1.64. The highest BCUT2D eigenvalue weighted by molar-refractivity contribution is 6.02. The topological polar surface area (TPSA) is 120 Å². The third-order valence-corrected chi connectivity index (χ3v) is 4.54. The average molecular weight is 358 g/mol. The van der Waals surface area contributed by atoms with Crippen molar-refractivity contribution in [2.45, 2.75) is 0 Å². The Morgan fingerprint density at radius 1 is 1.07 bits per heavy atom. The van der Waals surface area contributed by atoms with Crippen molar-refractivity contribution in [3.8, 4) is 28.3 Å². The van der Waals surface area contributed by atoms with E-state index in [0.717, 1.165) is 21.9 Å². The molecule has 3 heterocycles. The molecule has 0 amide bonds. The summed E-state index contributed by atoms with van der Waals surface area (Å²) >= 11 is 0. The number of hydrogen-bond donors (Lipinski definition) is 2. The van der Waals surface area contributed by atoms with E-state index < -0.39 is 0 Å². The molecule has 0 aliphatic carbocycles. The third-order valence-electron chi connectivity index (χ3n) is 4.54. The Labute approximate surface area is 152 Å². The molecule has 0 fully saturated rings. The number of aromatic amines is 1. The number of nitrogens with zero attached hydrogens (tertiary/aromatic N) is 6. The van der Waals surface area contributed by atoms with Crippen LogP contribution in [-0.4, -0.2) is 42.3 Å². The van der Waals surface area contributed by atoms with Gasteiger partial charge in [0, 0.05) is 17.3 Å². The van der Waals surface area contributed by atoms with Gasteiger partial charge in [-0.2, -0.15) is 9.61 Å². The van der Waals surface area contributed by atoms with E-state index in [1.54, 1.807) is 24.0 Å². The van der Waals surface area contributed by atoms with Crippen molar-refractivity contribution in [2.75, 3.05) is 12.8 Å². The predicted octanol–water partition coefficient (Wildman–Crippen LogP) is 2.32. The van der Waals surface area contributed by atoms with E-state index in [2.05, 4.69) is 30.7 Å². The number of anilines is 1. The van der Waals surface area contributed by atoms with Crippen LogP contribution in [-0.2, 0) is 0 Å². The predicted molar refractivity (Wildman–Crippen MR) is 100 cm³/mol. The van der Waals surface area contributed by atoms with Crippen molar-refractivity contribution in [1.82, 2.24) is 35.2 Å². The van der Waals surface area contributed by atoms with Crippen LogP contribution in [0, 0.1) is 0 Å². The number of fused-ring (bicyclic) bond motifs is 2. The molecule has 0 radical (unpaired) electrons. The first-order chi connectivity index (χ1) is 13.3. The Morgan fingerprint density at radius 2 is 1.96 bits per heavy atom. The van der Waals surface area contributed by atoms with Crippen LogP contribution in [0.1, 0.15) is 0 Å². The monoisotopic (exact) mass is 358 g/mol. The SMILES string of the molecule is COc1ccc2ccccc2c1-c1cnc2c(-c3nnn[nH]3)cnn2c1N. The van der Waals surface area contributed by atoms with E-state index in [0.29, 0.717) is 28.6 Å². The van der Waals surface area contributed by atoms with Gasteiger partial charge in [-0.1, -0.05) is 30.3 Å². The Bertz CT molecular complexity index is 1280. The van der Waals surface area contributed by atoms with Crippen LogP contribution in [0.3, 0.4) is 0 Å². The molecule has 0 atom stereocenters. The molecule has 9 heteroatoms. The lowest BCUT2D eigenvalue weighted by Gasteiger charge is -2.14. The van der Waals surface area contributed by atoms with Crippen molar-refractivity contribution >= 4 is 22.2 Å². The first-order valence-electron chi connectivity index (χ1n) is 8.20. The molecule has 0 saturated heterocycles. The summed E-state index contributed by atoms with van der Waals surface area (Å²) in [5.41, 5.74) is 9.32. The average Bonchev–Trinajstić information content (AvgIpc) is 3.37. The second kappa shape index (κ2) is 5.77. The number of tetrazole rings is 1. The first kappa shape index (κ1) is 15.3. The minimum atomic E-state index is 0.452. The lowest BCUT2D eigenvalue weighted by atomic mass is 9.98. The van der Waals surface area contributed by atoms with Gasteiger partial charge in [0.25, 0.3) is 0 Å². The smallest absolute Gasteiger partial charge is 0.184 e. The van der Waals surface area contributed by atoms with Gasteiger partial charge in [0.15, 0.2) is 11.5 Å². The van der Waals surface area contributed by atoms with E-state index in [1.165, 1.54) is 0 Å². The number of H-pyrrole nitrogens is 1. The maximum Gasteiger partial charge on any atom is 0.184 e. The zero-order valence-corrected chi connectivity index (χ0v) is 14.3. The number of methoxy groups -OCH3 is 1.